The van der Waals surface area contributed by atoms with Gasteiger partial charge in [-0.1, -0.05) is 29.8 Å². The molecule has 0 aromatic heterocycles. The van der Waals surface area contributed by atoms with Crippen LogP contribution in [0.25, 0.3) is 0 Å². The Morgan fingerprint density at radius 3 is 2.08 bits per heavy atom. The van der Waals surface area contributed by atoms with Crippen LogP contribution in [0.3, 0.4) is 0 Å². The Kier molecular flexibility index (Phi) is 5.66. The Bertz CT molecular complexity index is 767. The van der Waals surface area contributed by atoms with Crippen molar-refractivity contribution >= 4 is 10.0 Å². The highest BCUT2D eigenvalue weighted by Gasteiger charge is 2.29. The molecular weight excluding hydrogens is 339 g/mol. The molecule has 0 bridgehead atoms. The van der Waals surface area contributed by atoms with Crippen LogP contribution >= 0.6 is 0 Å². The van der Waals surface area contributed by atoms with Crippen molar-refractivity contribution in [2.75, 3.05) is 6.54 Å². The molecule has 0 amide bonds. The van der Waals surface area contributed by atoms with E-state index in [-0.39, 0.29) is 11.4 Å². The van der Waals surface area contributed by atoms with Crippen molar-refractivity contribution in [3.63, 3.8) is 0 Å². The van der Waals surface area contributed by atoms with E-state index >= 15 is 0 Å². The van der Waals surface area contributed by atoms with Gasteiger partial charge in [-0.15, -0.1) is 0 Å². The lowest BCUT2D eigenvalue weighted by atomic mass is 10.1. The lowest BCUT2D eigenvalue weighted by molar-refractivity contribution is -0.137. The van der Waals surface area contributed by atoms with Crippen molar-refractivity contribution < 1.29 is 21.6 Å². The van der Waals surface area contributed by atoms with Crippen molar-refractivity contribution in [3.05, 3.63) is 65.2 Å². The van der Waals surface area contributed by atoms with Gasteiger partial charge in [-0.05, 0) is 49.6 Å². The van der Waals surface area contributed by atoms with Crippen LogP contribution in [0.5, 0.6) is 0 Å². The first-order valence-corrected chi connectivity index (χ1v) is 8.89. The minimum absolute atomic E-state index is 0.197. The number of halogens is 3. The van der Waals surface area contributed by atoms with Gasteiger partial charge in [0.1, 0.15) is 0 Å². The van der Waals surface area contributed by atoms with E-state index in [4.69, 9.17) is 0 Å². The molecule has 3 nitrogen and oxygen atoms in total. The van der Waals surface area contributed by atoms with Crippen LogP contribution in [-0.2, 0) is 22.6 Å². The summed E-state index contributed by atoms with van der Waals surface area (Å²) in [5, 5.41) is 0. The quantitative estimate of drug-likeness (QED) is 0.797. The molecule has 0 atom stereocenters. The molecule has 0 saturated carbocycles. The summed E-state index contributed by atoms with van der Waals surface area (Å²) in [7, 11) is -3.56. The number of nitrogens with one attached hydrogen (secondary N) is 1. The van der Waals surface area contributed by atoms with Gasteiger partial charge in [-0.3, -0.25) is 0 Å². The number of hydrogen-bond acceptors (Lipinski definition) is 2. The van der Waals surface area contributed by atoms with E-state index in [1.54, 1.807) is 12.1 Å². The van der Waals surface area contributed by atoms with Gasteiger partial charge in [0.2, 0.25) is 10.0 Å². The second-order valence-electron chi connectivity index (χ2n) is 5.51. The normalized spacial score (nSPS) is 12.3. The fourth-order valence-corrected chi connectivity index (χ4v) is 3.23. The molecule has 0 aliphatic carbocycles. The lowest BCUT2D eigenvalue weighted by Crippen LogP contribution is -2.25. The first-order valence-electron chi connectivity index (χ1n) is 7.41. The van der Waals surface area contributed by atoms with Crippen LogP contribution in [0.15, 0.2) is 53.4 Å². The minimum atomic E-state index is -4.35. The van der Waals surface area contributed by atoms with E-state index in [1.807, 2.05) is 6.92 Å². The highest BCUT2D eigenvalue weighted by molar-refractivity contribution is 7.89. The average molecular weight is 357 g/mol. The summed E-state index contributed by atoms with van der Waals surface area (Å²) in [5.41, 5.74) is 1.01. The molecule has 24 heavy (non-hydrogen) atoms. The third-order valence-electron chi connectivity index (χ3n) is 3.55. The van der Waals surface area contributed by atoms with E-state index < -0.39 is 21.8 Å². The molecule has 130 valence electrons. The Balaban J connectivity index is 1.85. The molecule has 0 radical (unpaired) electrons. The first kappa shape index (κ1) is 18.5. The monoisotopic (exact) mass is 357 g/mol. The van der Waals surface area contributed by atoms with Crippen molar-refractivity contribution in [1.29, 1.82) is 0 Å². The fourth-order valence-electron chi connectivity index (χ4n) is 2.16. The van der Waals surface area contributed by atoms with Crippen LogP contribution in [0.4, 0.5) is 13.2 Å². The zero-order valence-corrected chi connectivity index (χ0v) is 13.9. The second-order valence-corrected chi connectivity index (χ2v) is 7.28. The van der Waals surface area contributed by atoms with E-state index in [1.165, 1.54) is 24.3 Å². The van der Waals surface area contributed by atoms with Gasteiger partial charge in [0.25, 0.3) is 0 Å². The summed E-state index contributed by atoms with van der Waals surface area (Å²) in [4.78, 5) is 0.197. The topological polar surface area (TPSA) is 46.2 Å². The predicted molar refractivity (Wildman–Crippen MR) is 86.1 cm³/mol. The Morgan fingerprint density at radius 1 is 0.958 bits per heavy atom. The Morgan fingerprint density at radius 2 is 1.54 bits per heavy atom. The van der Waals surface area contributed by atoms with Crippen molar-refractivity contribution in [2.45, 2.75) is 30.8 Å². The molecule has 2 rings (SSSR count). The molecule has 0 saturated heterocycles. The molecule has 0 aliphatic rings. The summed E-state index contributed by atoms with van der Waals surface area (Å²) >= 11 is 0. The maximum absolute atomic E-state index is 12.5. The number of rotatable bonds is 6. The van der Waals surface area contributed by atoms with Gasteiger partial charge < -0.3 is 0 Å². The Labute approximate surface area is 139 Å². The average Bonchev–Trinajstić information content (AvgIpc) is 2.52. The highest BCUT2D eigenvalue weighted by Crippen LogP contribution is 2.29. The van der Waals surface area contributed by atoms with Crippen LogP contribution in [-0.4, -0.2) is 15.0 Å². The van der Waals surface area contributed by atoms with Gasteiger partial charge in [0, 0.05) is 6.54 Å². The molecule has 0 unspecified atom stereocenters. The molecule has 1 N–H and O–H groups in total. The molecule has 2 aromatic carbocycles. The fraction of sp³-hybridized carbons (Fsp3) is 0.294. The molecule has 7 heteroatoms. The smallest absolute Gasteiger partial charge is 0.211 e. The van der Waals surface area contributed by atoms with E-state index in [2.05, 4.69) is 4.72 Å². The number of alkyl halides is 3. The first-order chi connectivity index (χ1) is 11.2. The van der Waals surface area contributed by atoms with Crippen molar-refractivity contribution in [1.82, 2.24) is 4.72 Å². The van der Waals surface area contributed by atoms with Gasteiger partial charge in [-0.25, -0.2) is 13.1 Å². The minimum Gasteiger partial charge on any atom is -0.211 e. The van der Waals surface area contributed by atoms with Gasteiger partial charge in [0.15, 0.2) is 0 Å². The van der Waals surface area contributed by atoms with Crippen molar-refractivity contribution in [2.24, 2.45) is 0 Å². The predicted octanol–water partition coefficient (Wildman–Crippen LogP) is 3.92. The largest absolute Gasteiger partial charge is 0.416 e. The molecule has 0 spiro atoms. The van der Waals surface area contributed by atoms with Gasteiger partial charge >= 0.3 is 6.18 Å². The maximum Gasteiger partial charge on any atom is 0.416 e. The highest BCUT2D eigenvalue weighted by atomic mass is 32.2. The molecule has 2 aromatic rings. The zero-order chi connectivity index (χ0) is 17.8. The molecule has 0 aliphatic heterocycles. The molecule has 0 fully saturated rings. The van der Waals surface area contributed by atoms with Crippen LogP contribution in [0.1, 0.15) is 23.1 Å². The summed E-state index contributed by atoms with van der Waals surface area (Å²) in [5.74, 6) is 0. The third kappa shape index (κ3) is 5.07. The summed E-state index contributed by atoms with van der Waals surface area (Å²) in [6.45, 7) is 2.09. The Hall–Kier alpha value is -1.86. The summed E-state index contributed by atoms with van der Waals surface area (Å²) in [6.07, 6.45) is -3.35. The zero-order valence-electron chi connectivity index (χ0n) is 13.1. The number of hydrogen-bond donors (Lipinski definition) is 1. The second kappa shape index (κ2) is 7.36. The SMILES string of the molecule is Cc1ccc(S(=O)(=O)NCCCc2ccc(C(F)(F)F)cc2)cc1. The van der Waals surface area contributed by atoms with E-state index in [0.29, 0.717) is 12.8 Å². The molecular formula is C17H18F3NO2S. The maximum atomic E-state index is 12.5. The summed E-state index contributed by atoms with van der Waals surface area (Å²) < 4.78 is 64.0. The van der Waals surface area contributed by atoms with E-state index in [0.717, 1.165) is 23.3 Å². The van der Waals surface area contributed by atoms with Gasteiger partial charge in [0.05, 0.1) is 10.5 Å². The van der Waals surface area contributed by atoms with Crippen LogP contribution < -0.4 is 4.72 Å². The number of sulfonamides is 1. The summed E-state index contributed by atoms with van der Waals surface area (Å²) in [6, 6.07) is 11.4. The van der Waals surface area contributed by atoms with Crippen molar-refractivity contribution in [3.8, 4) is 0 Å². The van der Waals surface area contributed by atoms with Gasteiger partial charge in [-0.2, -0.15) is 13.2 Å². The van der Waals surface area contributed by atoms with Crippen LogP contribution in [0.2, 0.25) is 0 Å². The van der Waals surface area contributed by atoms with E-state index in [9.17, 15) is 21.6 Å². The number of aryl methyl sites for hydroxylation is 2. The third-order valence-corrected chi connectivity index (χ3v) is 5.02. The number of benzene rings is 2. The lowest BCUT2D eigenvalue weighted by Gasteiger charge is -2.09. The standard InChI is InChI=1S/C17H18F3NO2S/c1-13-4-10-16(11-5-13)24(22,23)21-12-2-3-14-6-8-15(9-7-14)17(18,19)20/h4-11,21H,2-3,12H2,1H3. The molecule has 0 heterocycles. The van der Waals surface area contributed by atoms with Crippen LogP contribution in [0, 0.1) is 6.92 Å².